The number of nitrogens with zero attached hydrogens (tertiary/aromatic N) is 1. The molecule has 1 aromatic carbocycles. The summed E-state index contributed by atoms with van der Waals surface area (Å²) in [5, 5.41) is 2.35. The number of hydrogen-bond donors (Lipinski definition) is 1. The zero-order chi connectivity index (χ0) is 13.4. The maximum atomic E-state index is 13.3. The summed E-state index contributed by atoms with van der Waals surface area (Å²) in [4.78, 5) is 3.87. The van der Waals surface area contributed by atoms with Gasteiger partial charge in [0, 0.05) is 5.25 Å². The number of hydrogen-bond acceptors (Lipinski definition) is 3. The fraction of sp³-hybridized carbons (Fsp3) is 0.300. The van der Waals surface area contributed by atoms with Crippen molar-refractivity contribution in [3.63, 3.8) is 0 Å². The Kier molecular flexibility index (Phi) is 3.47. The highest BCUT2D eigenvalue weighted by Crippen LogP contribution is 2.29. The Morgan fingerprint density at radius 2 is 1.50 bits per heavy atom. The molecule has 0 fully saturated rings. The Labute approximate surface area is 103 Å². The third-order valence-corrected chi connectivity index (χ3v) is 3.25. The van der Waals surface area contributed by atoms with Gasteiger partial charge in [0.05, 0.1) is 6.54 Å². The molecule has 8 heteroatoms. The molecule has 1 aliphatic rings. The average molecular weight is 282 g/mol. The molecule has 2 nitrogen and oxygen atoms in total. The zero-order valence-electron chi connectivity index (χ0n) is 9.03. The highest BCUT2D eigenvalue weighted by atomic mass is 32.2. The van der Waals surface area contributed by atoms with Crippen LogP contribution in [0.25, 0.3) is 0 Å². The molecule has 0 saturated heterocycles. The molecule has 0 saturated carbocycles. The Morgan fingerprint density at radius 3 is 1.94 bits per heavy atom. The standard InChI is InChI=1S/C10H7F5N2S/c1-3-2-16-10(18-3)17-9-7(14)5(12)4(11)6(13)8(9)15/h3H,2H2,1H3,(H,16,17). The molecule has 1 heterocycles. The van der Waals surface area contributed by atoms with E-state index in [4.69, 9.17) is 0 Å². The molecule has 0 radical (unpaired) electrons. The van der Waals surface area contributed by atoms with Crippen LogP contribution >= 0.6 is 11.8 Å². The van der Waals surface area contributed by atoms with Crippen LogP contribution < -0.4 is 5.32 Å². The number of anilines is 1. The van der Waals surface area contributed by atoms with Crippen LogP contribution in [0.5, 0.6) is 0 Å². The van der Waals surface area contributed by atoms with Gasteiger partial charge in [-0.05, 0) is 0 Å². The fourth-order valence-electron chi connectivity index (χ4n) is 1.37. The maximum absolute atomic E-state index is 13.3. The summed E-state index contributed by atoms with van der Waals surface area (Å²) >= 11 is 1.16. The average Bonchev–Trinajstić information content (AvgIpc) is 2.75. The van der Waals surface area contributed by atoms with Gasteiger partial charge in [-0.25, -0.2) is 22.0 Å². The number of amidine groups is 1. The second kappa shape index (κ2) is 4.75. The molecule has 1 aliphatic heterocycles. The lowest BCUT2D eigenvalue weighted by Crippen LogP contribution is -2.13. The van der Waals surface area contributed by atoms with Gasteiger partial charge in [0.25, 0.3) is 0 Å². The smallest absolute Gasteiger partial charge is 0.200 e. The Balaban J connectivity index is 2.39. The first-order valence-electron chi connectivity index (χ1n) is 4.91. The molecule has 0 amide bonds. The third kappa shape index (κ3) is 2.16. The van der Waals surface area contributed by atoms with Gasteiger partial charge in [0.15, 0.2) is 28.4 Å². The van der Waals surface area contributed by atoms with E-state index >= 15 is 0 Å². The Bertz CT molecular complexity index is 502. The SMILES string of the molecule is CC1CN=C(Nc2c(F)c(F)c(F)c(F)c2F)S1. The molecule has 0 aromatic heterocycles. The summed E-state index contributed by atoms with van der Waals surface area (Å²) in [6.07, 6.45) is 0. The zero-order valence-corrected chi connectivity index (χ0v) is 9.85. The van der Waals surface area contributed by atoms with Gasteiger partial charge in [0.1, 0.15) is 5.69 Å². The Hall–Kier alpha value is -1.31. The summed E-state index contributed by atoms with van der Waals surface area (Å²) in [7, 11) is 0. The molecule has 1 N–H and O–H groups in total. The largest absolute Gasteiger partial charge is 0.330 e. The van der Waals surface area contributed by atoms with Crippen molar-refractivity contribution >= 4 is 22.6 Å². The summed E-state index contributed by atoms with van der Waals surface area (Å²) < 4.78 is 65.2. The number of nitrogens with one attached hydrogen (secondary N) is 1. The van der Waals surface area contributed by atoms with Crippen molar-refractivity contribution in [3.8, 4) is 0 Å². The molecule has 98 valence electrons. The van der Waals surface area contributed by atoms with E-state index in [-0.39, 0.29) is 10.4 Å². The van der Waals surface area contributed by atoms with Crippen LogP contribution in [0.1, 0.15) is 6.92 Å². The van der Waals surface area contributed by atoms with E-state index in [0.29, 0.717) is 6.54 Å². The lowest BCUT2D eigenvalue weighted by atomic mass is 10.2. The molecule has 18 heavy (non-hydrogen) atoms. The normalized spacial score (nSPS) is 19.0. The summed E-state index contributed by atoms with van der Waals surface area (Å²) in [6, 6.07) is 0. The van der Waals surface area contributed by atoms with Crippen molar-refractivity contribution in [3.05, 3.63) is 29.1 Å². The molecular formula is C10H7F5N2S. The van der Waals surface area contributed by atoms with Gasteiger partial charge in [-0.3, -0.25) is 4.99 Å². The highest BCUT2D eigenvalue weighted by Gasteiger charge is 2.27. The molecular weight excluding hydrogens is 275 g/mol. The summed E-state index contributed by atoms with van der Waals surface area (Å²) in [5.74, 6) is -9.92. The summed E-state index contributed by atoms with van der Waals surface area (Å²) in [6.45, 7) is 2.24. The van der Waals surface area contributed by atoms with Gasteiger partial charge in [-0.1, -0.05) is 18.7 Å². The van der Waals surface area contributed by atoms with Crippen molar-refractivity contribution < 1.29 is 22.0 Å². The van der Waals surface area contributed by atoms with Crippen molar-refractivity contribution in [1.82, 2.24) is 0 Å². The van der Waals surface area contributed by atoms with Gasteiger partial charge in [-0.2, -0.15) is 0 Å². The number of aliphatic imine (C=N–C) groups is 1. The Morgan fingerprint density at radius 1 is 1.00 bits per heavy atom. The first-order valence-corrected chi connectivity index (χ1v) is 5.79. The van der Waals surface area contributed by atoms with E-state index in [1.54, 1.807) is 0 Å². The van der Waals surface area contributed by atoms with E-state index in [0.717, 1.165) is 11.8 Å². The van der Waals surface area contributed by atoms with Crippen molar-refractivity contribution in [2.75, 3.05) is 11.9 Å². The van der Waals surface area contributed by atoms with Crippen LogP contribution in [0.15, 0.2) is 4.99 Å². The minimum Gasteiger partial charge on any atom is -0.330 e. The van der Waals surface area contributed by atoms with E-state index in [1.807, 2.05) is 6.92 Å². The quantitative estimate of drug-likeness (QED) is 0.485. The summed E-state index contributed by atoms with van der Waals surface area (Å²) in [5.41, 5.74) is -1.08. The first kappa shape index (κ1) is 13.1. The van der Waals surface area contributed by atoms with Crippen molar-refractivity contribution in [2.24, 2.45) is 4.99 Å². The van der Waals surface area contributed by atoms with Crippen molar-refractivity contribution in [2.45, 2.75) is 12.2 Å². The fourth-order valence-corrected chi connectivity index (χ4v) is 2.21. The predicted octanol–water partition coefficient (Wildman–Crippen LogP) is 3.29. The van der Waals surface area contributed by atoms with E-state index in [1.165, 1.54) is 0 Å². The molecule has 1 atom stereocenters. The topological polar surface area (TPSA) is 24.4 Å². The van der Waals surface area contributed by atoms with Crippen LogP contribution in [-0.2, 0) is 0 Å². The first-order chi connectivity index (χ1) is 8.41. The number of thioether (sulfide) groups is 1. The molecule has 2 rings (SSSR count). The van der Waals surface area contributed by atoms with Crippen LogP contribution in [0, 0.1) is 29.1 Å². The molecule has 1 unspecified atom stereocenters. The lowest BCUT2D eigenvalue weighted by Gasteiger charge is -2.10. The number of benzene rings is 1. The minimum atomic E-state index is -2.18. The highest BCUT2D eigenvalue weighted by molar-refractivity contribution is 8.15. The van der Waals surface area contributed by atoms with Gasteiger partial charge < -0.3 is 5.32 Å². The van der Waals surface area contributed by atoms with Crippen LogP contribution in [-0.4, -0.2) is 17.0 Å². The van der Waals surface area contributed by atoms with Gasteiger partial charge in [0.2, 0.25) is 5.82 Å². The molecule has 0 aliphatic carbocycles. The second-order valence-corrected chi connectivity index (χ2v) is 5.07. The van der Waals surface area contributed by atoms with E-state index in [9.17, 15) is 22.0 Å². The van der Waals surface area contributed by atoms with Crippen LogP contribution in [0.4, 0.5) is 27.6 Å². The van der Waals surface area contributed by atoms with E-state index in [2.05, 4.69) is 10.3 Å². The number of halogens is 5. The number of rotatable bonds is 1. The lowest BCUT2D eigenvalue weighted by molar-refractivity contribution is 0.382. The molecule has 1 aromatic rings. The molecule has 0 bridgehead atoms. The molecule has 0 spiro atoms. The van der Waals surface area contributed by atoms with E-state index < -0.39 is 34.8 Å². The predicted molar refractivity (Wildman–Crippen MR) is 59.2 cm³/mol. The van der Waals surface area contributed by atoms with Crippen LogP contribution in [0.3, 0.4) is 0 Å². The van der Waals surface area contributed by atoms with Gasteiger partial charge in [-0.15, -0.1) is 0 Å². The maximum Gasteiger partial charge on any atom is 0.200 e. The van der Waals surface area contributed by atoms with Gasteiger partial charge >= 0.3 is 0 Å². The monoisotopic (exact) mass is 282 g/mol. The minimum absolute atomic E-state index is 0.0914. The third-order valence-electron chi connectivity index (χ3n) is 2.25. The van der Waals surface area contributed by atoms with Crippen molar-refractivity contribution in [1.29, 1.82) is 0 Å². The van der Waals surface area contributed by atoms with Crippen LogP contribution in [0.2, 0.25) is 0 Å². The second-order valence-electron chi connectivity index (χ2n) is 3.64.